The van der Waals surface area contributed by atoms with Crippen molar-refractivity contribution < 1.29 is 62.2 Å². The molecular weight excluding hydrogens is 606 g/mol. The first-order valence-corrected chi connectivity index (χ1v) is 15.2. The van der Waals surface area contributed by atoms with Gasteiger partial charge in [-0.2, -0.15) is 0 Å². The minimum absolute atomic E-state index is 0.0860. The number of hydrogen-bond acceptors (Lipinski definition) is 14. The average molecular weight is 644 g/mol. The number of rotatable bonds is 8. The van der Waals surface area contributed by atoms with E-state index in [0.717, 1.165) is 33.4 Å². The second-order valence-electron chi connectivity index (χ2n) is 12.3. The molecular formula is C32H37NO13. The van der Waals surface area contributed by atoms with Gasteiger partial charge in [0, 0.05) is 51.9 Å². The van der Waals surface area contributed by atoms with Crippen LogP contribution in [-0.2, 0) is 59.5 Å². The monoisotopic (exact) mass is 643 g/mol. The Morgan fingerprint density at radius 1 is 1.04 bits per heavy atom. The Morgan fingerprint density at radius 2 is 1.72 bits per heavy atom. The summed E-state index contributed by atoms with van der Waals surface area (Å²) in [4.78, 5) is 65.0. The zero-order chi connectivity index (χ0) is 33.1. The summed E-state index contributed by atoms with van der Waals surface area (Å²) >= 11 is 0. The van der Waals surface area contributed by atoms with E-state index in [1.165, 1.54) is 0 Å². The molecule has 1 saturated carbocycles. The van der Waals surface area contributed by atoms with Gasteiger partial charge in [-0.25, -0.2) is 4.79 Å². The van der Waals surface area contributed by atoms with Gasteiger partial charge in [0.05, 0.1) is 18.1 Å². The molecule has 0 aromatic heterocycles. The molecule has 3 heterocycles. The topological polar surface area (TPSA) is 173 Å². The minimum atomic E-state index is -1.65. The molecule has 14 heteroatoms. The summed E-state index contributed by atoms with van der Waals surface area (Å²) in [6.07, 6.45) is -5.67. The SMILES string of the molecule is C=CCN1CC[C@]23c4c5ccc(O[C@@H]6O[C@H](C(=O)OC)[C@@H](OC(C)=O)[C@H](OC(C)=O)[C@H]6OC(C)=O)c4O[C@H]2C(=O)CC[C@@]3(O)[C@H]1C5. The number of Topliss-reactive ketones (excluding diaryl/α,β-unsaturated/α-hetero) is 1. The van der Waals surface area contributed by atoms with E-state index in [4.69, 9.17) is 33.2 Å². The fraction of sp³-hybridized carbons (Fsp3) is 0.594. The van der Waals surface area contributed by atoms with Crippen molar-refractivity contribution in [1.29, 1.82) is 0 Å². The number of esters is 4. The first-order valence-electron chi connectivity index (χ1n) is 15.2. The third-order valence-electron chi connectivity index (χ3n) is 9.79. The highest BCUT2D eigenvalue weighted by atomic mass is 16.7. The molecule has 1 N–H and O–H groups in total. The molecule has 3 fully saturated rings. The lowest BCUT2D eigenvalue weighted by atomic mass is 9.49. The molecule has 6 rings (SSSR count). The molecule has 0 unspecified atom stereocenters. The van der Waals surface area contributed by atoms with Crippen LogP contribution in [0.3, 0.4) is 0 Å². The molecule has 1 spiro atoms. The first-order chi connectivity index (χ1) is 21.9. The van der Waals surface area contributed by atoms with Crippen molar-refractivity contribution in [3.63, 3.8) is 0 Å². The zero-order valence-electron chi connectivity index (χ0n) is 26.0. The Kier molecular flexibility index (Phi) is 8.10. The van der Waals surface area contributed by atoms with Gasteiger partial charge in [-0.3, -0.25) is 24.1 Å². The summed E-state index contributed by atoms with van der Waals surface area (Å²) in [5.74, 6) is -3.23. The molecule has 9 atom stereocenters. The predicted molar refractivity (Wildman–Crippen MR) is 154 cm³/mol. The quantitative estimate of drug-likeness (QED) is 0.238. The molecule has 2 bridgehead atoms. The number of ketones is 1. The number of piperidine rings is 1. The van der Waals surface area contributed by atoms with E-state index in [1.54, 1.807) is 12.1 Å². The summed E-state index contributed by atoms with van der Waals surface area (Å²) in [6.45, 7) is 8.37. The lowest BCUT2D eigenvalue weighted by molar-refractivity contribution is -0.282. The number of likely N-dealkylation sites (tertiary alicyclic amines) is 1. The van der Waals surface area contributed by atoms with Crippen molar-refractivity contribution in [2.75, 3.05) is 20.2 Å². The fourth-order valence-electron chi connectivity index (χ4n) is 8.18. The Balaban J connectivity index is 1.44. The number of ether oxygens (including phenoxy) is 7. The summed E-state index contributed by atoms with van der Waals surface area (Å²) in [5.41, 5.74) is -0.716. The van der Waals surface area contributed by atoms with E-state index in [2.05, 4.69) is 11.5 Å². The normalized spacial score (nSPS) is 35.6. The number of aliphatic hydroxyl groups is 1. The van der Waals surface area contributed by atoms with E-state index in [9.17, 15) is 29.1 Å². The zero-order valence-corrected chi connectivity index (χ0v) is 26.0. The Hall–Kier alpha value is -4.01. The second kappa shape index (κ2) is 11.7. The van der Waals surface area contributed by atoms with Crippen LogP contribution in [0.5, 0.6) is 11.5 Å². The van der Waals surface area contributed by atoms with Crippen molar-refractivity contribution >= 4 is 29.7 Å². The molecule has 0 amide bonds. The lowest BCUT2D eigenvalue weighted by Crippen LogP contribution is -2.76. The second-order valence-corrected chi connectivity index (χ2v) is 12.3. The van der Waals surface area contributed by atoms with Crippen LogP contribution in [0.25, 0.3) is 0 Å². The largest absolute Gasteiger partial charge is 0.477 e. The molecule has 46 heavy (non-hydrogen) atoms. The fourth-order valence-corrected chi connectivity index (χ4v) is 8.18. The highest BCUT2D eigenvalue weighted by molar-refractivity contribution is 5.90. The van der Waals surface area contributed by atoms with Crippen LogP contribution in [-0.4, -0.2) is 108 Å². The van der Waals surface area contributed by atoms with Crippen molar-refractivity contribution in [2.45, 2.75) is 100 Å². The van der Waals surface area contributed by atoms with E-state index >= 15 is 0 Å². The predicted octanol–water partition coefficient (Wildman–Crippen LogP) is 0.668. The highest BCUT2D eigenvalue weighted by Crippen LogP contribution is 2.65. The Labute approximate surface area is 264 Å². The van der Waals surface area contributed by atoms with Gasteiger partial charge in [0.25, 0.3) is 0 Å². The van der Waals surface area contributed by atoms with Crippen molar-refractivity contribution in [3.8, 4) is 11.5 Å². The van der Waals surface area contributed by atoms with Crippen molar-refractivity contribution in [1.82, 2.24) is 4.90 Å². The van der Waals surface area contributed by atoms with Crippen LogP contribution in [0.1, 0.15) is 51.2 Å². The van der Waals surface area contributed by atoms with Gasteiger partial charge >= 0.3 is 23.9 Å². The van der Waals surface area contributed by atoms with E-state index in [1.807, 2.05) is 6.07 Å². The Morgan fingerprint density at radius 3 is 2.37 bits per heavy atom. The van der Waals surface area contributed by atoms with E-state index in [0.29, 0.717) is 31.5 Å². The smallest absolute Gasteiger partial charge is 0.339 e. The van der Waals surface area contributed by atoms with Crippen LogP contribution >= 0.6 is 0 Å². The summed E-state index contributed by atoms with van der Waals surface area (Å²) in [6, 6.07) is 3.18. The minimum Gasteiger partial charge on any atom is -0.477 e. The lowest BCUT2D eigenvalue weighted by Gasteiger charge is -2.62. The third-order valence-corrected chi connectivity index (χ3v) is 9.79. The highest BCUT2D eigenvalue weighted by Gasteiger charge is 2.73. The average Bonchev–Trinajstić information content (AvgIpc) is 3.35. The summed E-state index contributed by atoms with van der Waals surface area (Å²) in [7, 11) is 1.09. The molecule has 1 aromatic carbocycles. The van der Waals surface area contributed by atoms with E-state index in [-0.39, 0.29) is 36.2 Å². The number of nitrogens with zero attached hydrogens (tertiary/aromatic N) is 1. The molecule has 0 radical (unpaired) electrons. The maximum Gasteiger partial charge on any atom is 0.339 e. The number of benzene rings is 1. The molecule has 3 aliphatic heterocycles. The van der Waals surface area contributed by atoms with Crippen LogP contribution < -0.4 is 9.47 Å². The molecule has 2 saturated heterocycles. The standard InChI is InChI=1S/C32H37NO13/c1-6-12-33-13-11-31-22-18-7-8-20(23(22)45-28(31)19(37)9-10-32(31,39)21(33)14-18)44-30-27(43-17(4)36)25(42-16(3)35)24(41-15(2)34)26(46-30)29(38)40-5/h6-8,21,24-28,30,39H,1,9-14H2,2-5H3/t21-,24+,25+,26+,27-,28+,30-,31+,32-/m1/s1. The summed E-state index contributed by atoms with van der Waals surface area (Å²) in [5, 5.41) is 12.5. The van der Waals surface area contributed by atoms with Crippen LogP contribution in [0, 0.1) is 0 Å². The third kappa shape index (κ3) is 4.76. The Bertz CT molecular complexity index is 1490. The molecule has 248 valence electrons. The molecule has 2 aliphatic carbocycles. The first kappa shape index (κ1) is 32.0. The van der Waals surface area contributed by atoms with Gasteiger partial charge in [-0.05, 0) is 30.9 Å². The van der Waals surface area contributed by atoms with Gasteiger partial charge in [-0.15, -0.1) is 6.58 Å². The molecule has 1 aromatic rings. The van der Waals surface area contributed by atoms with Gasteiger partial charge in [-0.1, -0.05) is 12.1 Å². The summed E-state index contributed by atoms with van der Waals surface area (Å²) < 4.78 is 39.8. The van der Waals surface area contributed by atoms with Crippen molar-refractivity contribution in [2.24, 2.45) is 0 Å². The van der Waals surface area contributed by atoms with Gasteiger partial charge in [0.15, 0.2) is 41.7 Å². The number of methoxy groups -OCH3 is 1. The maximum absolute atomic E-state index is 13.4. The number of carbonyl (C=O) groups excluding carboxylic acids is 5. The van der Waals surface area contributed by atoms with Gasteiger partial charge in [0.2, 0.25) is 12.4 Å². The van der Waals surface area contributed by atoms with Crippen LogP contribution in [0.15, 0.2) is 24.8 Å². The molecule has 5 aliphatic rings. The van der Waals surface area contributed by atoms with E-state index < -0.39 is 71.7 Å². The van der Waals surface area contributed by atoms with Gasteiger partial charge < -0.3 is 38.3 Å². The van der Waals surface area contributed by atoms with Crippen LogP contribution in [0.4, 0.5) is 0 Å². The number of carbonyl (C=O) groups is 5. The van der Waals surface area contributed by atoms with Gasteiger partial charge in [0.1, 0.15) is 0 Å². The maximum atomic E-state index is 13.4. The van der Waals surface area contributed by atoms with Crippen molar-refractivity contribution in [3.05, 3.63) is 35.9 Å². The van der Waals surface area contributed by atoms with Crippen LogP contribution in [0.2, 0.25) is 0 Å². The molecule has 14 nitrogen and oxygen atoms in total. The number of hydrogen-bond donors (Lipinski definition) is 1.